The van der Waals surface area contributed by atoms with Crippen LogP contribution in [0.5, 0.6) is 0 Å². The highest BCUT2D eigenvalue weighted by molar-refractivity contribution is 9.10. The molecule has 3 aromatic carbocycles. The van der Waals surface area contributed by atoms with Crippen LogP contribution in [0.2, 0.25) is 10.0 Å². The molecule has 6 N–H and O–H groups in total. The van der Waals surface area contributed by atoms with Gasteiger partial charge in [-0.1, -0.05) is 57.3 Å². The number of esters is 3. The molecule has 3 aromatic heterocycles. The molecule has 9 heterocycles. The Labute approximate surface area is 655 Å². The number of hydrogen-bond donors (Lipinski definition) is 6. The number of amidine groups is 3. The van der Waals surface area contributed by atoms with E-state index in [1.165, 1.54) is 72.5 Å². The number of aliphatic carboxylic acids is 1. The minimum Gasteiger partial charge on any atom is -0.480 e. The number of benzene rings is 3. The molecule has 6 aromatic rings. The van der Waals surface area contributed by atoms with E-state index in [0.29, 0.717) is 25.5 Å². The maximum atomic E-state index is 14.9. The molecule has 0 unspecified atom stereocenters. The number of aliphatic imine (C=N–C) groups is 3. The van der Waals surface area contributed by atoms with Crippen LogP contribution in [0.25, 0.3) is 0 Å². The van der Waals surface area contributed by atoms with Gasteiger partial charge >= 0.3 is 23.9 Å². The fourth-order valence-corrected chi connectivity index (χ4v) is 15.4. The zero-order chi connectivity index (χ0) is 81.7. The molecule has 0 spiro atoms. The van der Waals surface area contributed by atoms with E-state index in [-0.39, 0.29) is 96.8 Å². The number of carbonyl (C=O) groups excluding carboxylic acids is 3. The van der Waals surface area contributed by atoms with Crippen molar-refractivity contribution in [1.82, 2.24) is 45.6 Å². The molecular formula is C68H62BrCl2F15N12O11S3. The van der Waals surface area contributed by atoms with Gasteiger partial charge in [0.05, 0.1) is 75.8 Å². The molecule has 12 rings (SSSR count). The van der Waals surface area contributed by atoms with E-state index < -0.39 is 179 Å². The number of rotatable bonds is 21. The van der Waals surface area contributed by atoms with Gasteiger partial charge in [0, 0.05) is 97.1 Å². The van der Waals surface area contributed by atoms with Crippen molar-refractivity contribution in [2.75, 3.05) is 85.3 Å². The summed E-state index contributed by atoms with van der Waals surface area (Å²) >= 11 is 19.3. The maximum Gasteiger partial charge on any atom is 0.338 e. The summed E-state index contributed by atoms with van der Waals surface area (Å²) in [6.07, 6.45) is -4.78. The molecule has 3 atom stereocenters. The minimum atomic E-state index is -4.15. The normalized spacial score (nSPS) is 21.8. The van der Waals surface area contributed by atoms with Crippen molar-refractivity contribution >= 4 is 115 Å². The lowest BCUT2D eigenvalue weighted by atomic mass is 9.94. The number of carboxylic acid groups (broad SMARTS) is 1. The fourth-order valence-electron chi connectivity index (χ4n) is 12.5. The first-order valence-electron chi connectivity index (χ1n) is 33.1. The second-order valence-electron chi connectivity index (χ2n) is 25.3. The second-order valence-corrected chi connectivity index (χ2v) is 29.6. The molecule has 3 saturated heterocycles. The first-order valence-corrected chi connectivity index (χ1v) is 37.3. The van der Waals surface area contributed by atoms with Crippen LogP contribution in [-0.2, 0) is 38.1 Å². The van der Waals surface area contributed by atoms with Crippen molar-refractivity contribution in [2.45, 2.75) is 92.7 Å². The van der Waals surface area contributed by atoms with Gasteiger partial charge < -0.3 is 50.2 Å². The zero-order valence-corrected chi connectivity index (χ0v) is 63.5. The fraction of sp³-hybridized carbons (Fsp3) is 0.412. The lowest BCUT2D eigenvalue weighted by Gasteiger charge is -2.43. The third-order valence-corrected chi connectivity index (χ3v) is 20.7. The monoisotopic (exact) mass is 1750 g/mol. The van der Waals surface area contributed by atoms with Gasteiger partial charge in [-0.15, -0.1) is 34.0 Å². The Morgan fingerprint density at radius 3 is 1.06 bits per heavy atom. The summed E-state index contributed by atoms with van der Waals surface area (Å²) in [6.45, 7) is -5.73. The second kappa shape index (κ2) is 35.3. The molecule has 0 amide bonds. The van der Waals surface area contributed by atoms with E-state index in [9.17, 15) is 95.2 Å². The Bertz CT molecular complexity index is 4430. The van der Waals surface area contributed by atoms with Crippen LogP contribution in [0.4, 0.5) is 65.9 Å². The van der Waals surface area contributed by atoms with Gasteiger partial charge in [0.2, 0.25) is 0 Å². The van der Waals surface area contributed by atoms with Crippen molar-refractivity contribution in [2.24, 2.45) is 15.0 Å². The summed E-state index contributed by atoms with van der Waals surface area (Å²) in [5.74, 6) is -30.5. The Morgan fingerprint density at radius 1 is 0.491 bits per heavy atom. The van der Waals surface area contributed by atoms with Crippen LogP contribution in [0.15, 0.2) is 143 Å². The quantitative estimate of drug-likeness (QED) is 0.0222. The Hall–Kier alpha value is -8.17. The Morgan fingerprint density at radius 2 is 0.786 bits per heavy atom. The summed E-state index contributed by atoms with van der Waals surface area (Å²) in [7, 11) is 0. The van der Waals surface area contributed by atoms with Crippen LogP contribution >= 0.6 is 73.1 Å². The van der Waals surface area contributed by atoms with Crippen LogP contribution in [-0.4, -0.2) is 226 Å². The Kier molecular flexibility index (Phi) is 27.2. The number of aliphatic hydroxyl groups excluding tert-OH is 2. The molecule has 0 bridgehead atoms. The van der Waals surface area contributed by atoms with Gasteiger partial charge in [-0.2, -0.15) is 0 Å². The zero-order valence-electron chi connectivity index (χ0n) is 58.0. The lowest BCUT2D eigenvalue weighted by Crippen LogP contribution is -2.64. The number of halogens is 18. The van der Waals surface area contributed by atoms with Gasteiger partial charge in [-0.05, 0) is 62.7 Å². The first-order chi connectivity index (χ1) is 52.7. The smallest absolute Gasteiger partial charge is 0.338 e. The standard InChI is InChI=1S/C24H22ClF5N4O5S.C22H20BrF5N4O3S.C22H20ClF5N4O3S/c1-2-38-21(37)17-15(8-34-10-23(27,28)22(24(29,30)11-34)39-9-16(35)36)32-19(20-31-5-6-40-20)33-18(17)13-4-3-12(26)7-14(13)25;2*1-2-35-19(33)15-14(8-32-9-21(25,26)20(34)22(27,28)10-32)30-17(18-29-5-6-36-18)31-16(15)12-4-3-11(24)7-13(12)23/h3-7,18,22H,2,8-11H2,1H3,(H,32,33)(H,35,36);2*3-7,16,20,34H,2,8-10H2,1H3,(H,30,31)/t18-;2*16-/m000/s1. The summed E-state index contributed by atoms with van der Waals surface area (Å²) < 4.78 is 235. The summed E-state index contributed by atoms with van der Waals surface area (Å²) in [5.41, 5.74) is 0.143. The molecular weight excluding hydrogens is 1690 g/mol. The van der Waals surface area contributed by atoms with Crippen LogP contribution < -0.4 is 16.0 Å². The number of aliphatic hydroxyl groups is 2. The number of hydrogen-bond acceptors (Lipinski definition) is 25. The molecule has 6 aliphatic heterocycles. The number of carboxylic acids is 1. The van der Waals surface area contributed by atoms with Crippen molar-refractivity contribution in [1.29, 1.82) is 0 Å². The third-order valence-electron chi connectivity index (χ3n) is 17.0. The highest BCUT2D eigenvalue weighted by Gasteiger charge is 2.63. The van der Waals surface area contributed by atoms with Gasteiger partial charge in [-0.3, -0.25) is 29.7 Å². The molecule has 23 nitrogen and oxygen atoms in total. The SMILES string of the molecule is CCOC(=O)C1=C(CN2CC(F)(F)C(O)C(F)(F)C2)NC(c2nccs2)=N[C@H]1c1ccc(F)cc1Br.CCOC(=O)C1=C(CN2CC(F)(F)C(O)C(F)(F)C2)NC(c2nccs2)=N[C@H]1c1ccc(F)cc1Cl.CCOC(=O)C1=C(CN2CC(F)(F)C(OCC(=O)O)C(F)(F)C2)NC(c2nccs2)=N[C@H]1c1ccc(F)cc1Cl. The molecule has 0 saturated carbocycles. The van der Waals surface area contributed by atoms with Gasteiger partial charge in [0.25, 0.3) is 35.5 Å². The molecule has 0 aliphatic carbocycles. The van der Waals surface area contributed by atoms with E-state index in [2.05, 4.69) is 66.5 Å². The predicted octanol–water partition coefficient (Wildman–Crippen LogP) is 11.6. The number of nitrogens with zero attached hydrogens (tertiary/aromatic N) is 9. The molecule has 112 heavy (non-hydrogen) atoms. The molecule has 44 heteroatoms. The topological polar surface area (TPSA) is 287 Å². The number of piperidine rings is 3. The van der Waals surface area contributed by atoms with E-state index in [1.807, 2.05) is 0 Å². The molecule has 0 radical (unpaired) electrons. The molecule has 3 fully saturated rings. The maximum absolute atomic E-state index is 14.9. The van der Waals surface area contributed by atoms with Crippen LogP contribution in [0.1, 0.15) is 70.6 Å². The van der Waals surface area contributed by atoms with Gasteiger partial charge in [0.15, 0.2) is 50.8 Å². The highest BCUT2D eigenvalue weighted by Crippen LogP contribution is 2.46. The van der Waals surface area contributed by atoms with Crippen LogP contribution in [0, 0.1) is 17.5 Å². The summed E-state index contributed by atoms with van der Waals surface area (Å²) in [4.78, 5) is 78.3. The lowest BCUT2D eigenvalue weighted by molar-refractivity contribution is -0.267. The third kappa shape index (κ3) is 19.9. The number of aromatic nitrogens is 3. The van der Waals surface area contributed by atoms with E-state index in [1.54, 1.807) is 30.0 Å². The minimum absolute atomic E-state index is 0.00198. The van der Waals surface area contributed by atoms with Crippen molar-refractivity contribution < 1.29 is 119 Å². The molecule has 6 aliphatic rings. The average Bonchev–Trinajstić information content (AvgIpc) is 1.18. The number of alkyl halides is 12. The van der Waals surface area contributed by atoms with Crippen molar-refractivity contribution in [3.05, 3.63) is 187 Å². The number of likely N-dealkylation sites (tertiary alicyclic amines) is 3. The van der Waals surface area contributed by atoms with Gasteiger partial charge in [-0.25, -0.2) is 100.0 Å². The number of thiazole rings is 3. The molecule has 604 valence electrons. The number of ether oxygens (including phenoxy) is 4. The summed E-state index contributed by atoms with van der Waals surface area (Å²) in [5, 5.41) is 42.0. The largest absolute Gasteiger partial charge is 0.480 e. The average molecular weight is 1760 g/mol. The van der Waals surface area contributed by atoms with E-state index in [4.69, 9.17) is 42.5 Å². The van der Waals surface area contributed by atoms with Crippen molar-refractivity contribution in [3.8, 4) is 0 Å². The van der Waals surface area contributed by atoms with E-state index in [0.717, 1.165) is 51.5 Å². The van der Waals surface area contributed by atoms with Crippen molar-refractivity contribution in [3.63, 3.8) is 0 Å². The number of carbonyl (C=O) groups is 4. The van der Waals surface area contributed by atoms with E-state index >= 15 is 0 Å². The first kappa shape index (κ1) is 86.2. The number of nitrogens with one attached hydrogen (secondary N) is 3. The summed E-state index contributed by atoms with van der Waals surface area (Å²) in [6, 6.07) is 7.07. The highest BCUT2D eigenvalue weighted by atomic mass is 79.9. The Balaban J connectivity index is 0.000000179. The predicted molar refractivity (Wildman–Crippen MR) is 380 cm³/mol. The van der Waals surface area contributed by atoms with Gasteiger partial charge in [0.1, 0.15) is 42.2 Å². The van der Waals surface area contributed by atoms with Crippen LogP contribution in [0.3, 0.4) is 0 Å².